The Morgan fingerprint density at radius 3 is 2.48 bits per heavy atom. The zero-order chi connectivity index (χ0) is 15.2. The van der Waals surface area contributed by atoms with Gasteiger partial charge in [-0.15, -0.1) is 0 Å². The largest absolute Gasteiger partial charge is 0.465 e. The molecule has 0 radical (unpaired) electrons. The number of benzene rings is 1. The van der Waals surface area contributed by atoms with Gasteiger partial charge in [0.25, 0.3) is 0 Å². The van der Waals surface area contributed by atoms with Gasteiger partial charge < -0.3 is 9.47 Å². The lowest BCUT2D eigenvalue weighted by Crippen LogP contribution is -2.04. The number of carbonyl (C=O) groups is 1. The summed E-state index contributed by atoms with van der Waals surface area (Å²) in [6.07, 6.45) is 1.69. The molecule has 0 aliphatic carbocycles. The highest BCUT2D eigenvalue weighted by Crippen LogP contribution is 2.13. The molecule has 6 heteroatoms. The number of aromatic nitrogens is 2. The van der Waals surface area contributed by atoms with Crippen LogP contribution in [0.5, 0.6) is 0 Å². The van der Waals surface area contributed by atoms with Crippen molar-refractivity contribution in [2.75, 3.05) is 14.2 Å². The van der Waals surface area contributed by atoms with Gasteiger partial charge in [0.1, 0.15) is 11.3 Å². The minimum absolute atomic E-state index is 0.278. The molecule has 0 atom stereocenters. The standard InChI is InChI=1S/C15H17BrN2O3/c1-20-10-14-13(15(19)21-2)9-18(17-14)8-12-5-3-11(7-16)4-6-12/h3-6,9H,7-8,10H2,1-2H3. The fraction of sp³-hybridized carbons (Fsp3) is 0.333. The summed E-state index contributed by atoms with van der Waals surface area (Å²) < 4.78 is 11.6. The normalized spacial score (nSPS) is 10.6. The minimum Gasteiger partial charge on any atom is -0.465 e. The van der Waals surface area contributed by atoms with Crippen LogP contribution in [0.4, 0.5) is 0 Å². The van der Waals surface area contributed by atoms with Crippen molar-refractivity contribution < 1.29 is 14.3 Å². The van der Waals surface area contributed by atoms with E-state index >= 15 is 0 Å². The third-order valence-electron chi connectivity index (χ3n) is 3.05. The van der Waals surface area contributed by atoms with Gasteiger partial charge in [-0.1, -0.05) is 40.2 Å². The van der Waals surface area contributed by atoms with Gasteiger partial charge >= 0.3 is 5.97 Å². The van der Waals surface area contributed by atoms with Crippen molar-refractivity contribution in [3.05, 3.63) is 52.8 Å². The van der Waals surface area contributed by atoms with Gasteiger partial charge in [-0.2, -0.15) is 5.10 Å². The molecule has 2 aromatic rings. The molecule has 0 aliphatic heterocycles. The summed E-state index contributed by atoms with van der Waals surface area (Å²) in [4.78, 5) is 11.7. The molecular weight excluding hydrogens is 336 g/mol. The van der Waals surface area contributed by atoms with Gasteiger partial charge in [0.05, 0.1) is 20.3 Å². The average molecular weight is 353 g/mol. The maximum atomic E-state index is 11.7. The van der Waals surface area contributed by atoms with Crippen molar-refractivity contribution in [2.24, 2.45) is 0 Å². The number of alkyl halides is 1. The molecule has 0 amide bonds. The van der Waals surface area contributed by atoms with E-state index in [4.69, 9.17) is 9.47 Å². The lowest BCUT2D eigenvalue weighted by atomic mass is 10.1. The Kier molecular flexibility index (Phi) is 5.52. The molecule has 0 N–H and O–H groups in total. The number of ether oxygens (including phenoxy) is 2. The smallest absolute Gasteiger partial charge is 0.341 e. The highest BCUT2D eigenvalue weighted by molar-refractivity contribution is 9.08. The number of halogens is 1. The second-order valence-corrected chi connectivity index (χ2v) is 5.12. The van der Waals surface area contributed by atoms with Gasteiger partial charge in [-0.05, 0) is 11.1 Å². The SMILES string of the molecule is COCc1nn(Cc2ccc(CBr)cc2)cc1C(=O)OC. The molecular formula is C15H17BrN2O3. The fourth-order valence-electron chi connectivity index (χ4n) is 1.99. The van der Waals surface area contributed by atoms with Crippen molar-refractivity contribution in [2.45, 2.75) is 18.5 Å². The van der Waals surface area contributed by atoms with Crippen molar-refractivity contribution in [1.29, 1.82) is 0 Å². The molecule has 0 aliphatic rings. The van der Waals surface area contributed by atoms with E-state index in [0.717, 1.165) is 10.9 Å². The lowest BCUT2D eigenvalue weighted by molar-refractivity contribution is 0.0595. The van der Waals surface area contributed by atoms with E-state index in [1.54, 1.807) is 18.0 Å². The maximum absolute atomic E-state index is 11.7. The molecule has 1 aromatic carbocycles. The number of nitrogens with zero attached hydrogens (tertiary/aromatic N) is 2. The van der Waals surface area contributed by atoms with Gasteiger partial charge in [0.15, 0.2) is 0 Å². The van der Waals surface area contributed by atoms with Gasteiger partial charge in [0, 0.05) is 18.6 Å². The van der Waals surface area contributed by atoms with Crippen molar-refractivity contribution >= 4 is 21.9 Å². The summed E-state index contributed by atoms with van der Waals surface area (Å²) in [5.74, 6) is -0.400. The van der Waals surface area contributed by atoms with Crippen molar-refractivity contribution in [1.82, 2.24) is 9.78 Å². The summed E-state index contributed by atoms with van der Waals surface area (Å²) >= 11 is 3.42. The third kappa shape index (κ3) is 3.92. The molecule has 0 bridgehead atoms. The molecule has 2 rings (SSSR count). The Hall–Kier alpha value is -1.66. The van der Waals surface area contributed by atoms with Crippen LogP contribution < -0.4 is 0 Å². The predicted molar refractivity (Wildman–Crippen MR) is 82.5 cm³/mol. The average Bonchev–Trinajstić information content (AvgIpc) is 2.90. The molecule has 1 aromatic heterocycles. The monoisotopic (exact) mass is 352 g/mol. The molecule has 5 nitrogen and oxygen atoms in total. The number of esters is 1. The molecule has 112 valence electrons. The topological polar surface area (TPSA) is 53.4 Å². The van der Waals surface area contributed by atoms with E-state index < -0.39 is 5.97 Å². The first-order chi connectivity index (χ1) is 10.2. The first-order valence-electron chi connectivity index (χ1n) is 6.45. The van der Waals surface area contributed by atoms with Crippen molar-refractivity contribution in [3.8, 4) is 0 Å². The molecule has 0 saturated heterocycles. The number of rotatable bonds is 6. The molecule has 21 heavy (non-hydrogen) atoms. The van der Waals surface area contributed by atoms with Crippen LogP contribution in [-0.4, -0.2) is 30.0 Å². The van der Waals surface area contributed by atoms with Crippen LogP contribution in [0, 0.1) is 0 Å². The first-order valence-corrected chi connectivity index (χ1v) is 7.57. The number of hydrogen-bond acceptors (Lipinski definition) is 4. The second-order valence-electron chi connectivity index (χ2n) is 4.56. The van der Waals surface area contributed by atoms with E-state index in [0.29, 0.717) is 17.8 Å². The van der Waals surface area contributed by atoms with Crippen LogP contribution in [-0.2, 0) is 28.0 Å². The van der Waals surface area contributed by atoms with Gasteiger partial charge in [-0.25, -0.2) is 4.79 Å². The number of hydrogen-bond donors (Lipinski definition) is 0. The van der Waals surface area contributed by atoms with Gasteiger partial charge in [-0.3, -0.25) is 4.68 Å². The van der Waals surface area contributed by atoms with E-state index in [2.05, 4.69) is 33.2 Å². The predicted octanol–water partition coefficient (Wildman–Crippen LogP) is 2.76. The zero-order valence-electron chi connectivity index (χ0n) is 12.0. The minimum atomic E-state index is -0.400. The Balaban J connectivity index is 2.20. The van der Waals surface area contributed by atoms with Crippen LogP contribution in [0.1, 0.15) is 27.2 Å². The summed E-state index contributed by atoms with van der Waals surface area (Å²) in [5, 5.41) is 5.22. The van der Waals surface area contributed by atoms with Crippen LogP contribution in [0.25, 0.3) is 0 Å². The summed E-state index contributed by atoms with van der Waals surface area (Å²) in [6.45, 7) is 0.871. The van der Waals surface area contributed by atoms with Gasteiger partial charge in [0.2, 0.25) is 0 Å². The Morgan fingerprint density at radius 1 is 1.24 bits per heavy atom. The zero-order valence-corrected chi connectivity index (χ0v) is 13.6. The fourth-order valence-corrected chi connectivity index (χ4v) is 2.36. The Bertz CT molecular complexity index is 608. The quantitative estimate of drug-likeness (QED) is 0.592. The van der Waals surface area contributed by atoms with E-state index in [9.17, 15) is 4.79 Å². The van der Waals surface area contributed by atoms with Crippen LogP contribution in [0.3, 0.4) is 0 Å². The number of carbonyl (C=O) groups excluding carboxylic acids is 1. The molecule has 0 spiro atoms. The maximum Gasteiger partial charge on any atom is 0.341 e. The molecule has 0 fully saturated rings. The van der Waals surface area contributed by atoms with Crippen LogP contribution in [0.15, 0.2) is 30.5 Å². The summed E-state index contributed by atoms with van der Waals surface area (Å²) in [7, 11) is 2.92. The summed E-state index contributed by atoms with van der Waals surface area (Å²) in [6, 6.07) is 8.22. The Labute approximate surface area is 132 Å². The molecule has 1 heterocycles. The first kappa shape index (κ1) is 15.7. The van der Waals surface area contributed by atoms with Crippen LogP contribution >= 0.6 is 15.9 Å². The highest BCUT2D eigenvalue weighted by Gasteiger charge is 2.16. The lowest BCUT2D eigenvalue weighted by Gasteiger charge is -2.03. The van der Waals surface area contributed by atoms with E-state index in [-0.39, 0.29) is 6.61 Å². The van der Waals surface area contributed by atoms with Crippen LogP contribution in [0.2, 0.25) is 0 Å². The number of methoxy groups -OCH3 is 2. The Morgan fingerprint density at radius 2 is 1.90 bits per heavy atom. The highest BCUT2D eigenvalue weighted by atomic mass is 79.9. The second kappa shape index (κ2) is 7.38. The molecule has 0 saturated carbocycles. The van der Waals surface area contributed by atoms with E-state index in [1.807, 2.05) is 12.1 Å². The third-order valence-corrected chi connectivity index (χ3v) is 3.69. The summed E-state index contributed by atoms with van der Waals surface area (Å²) in [5.41, 5.74) is 3.36. The van der Waals surface area contributed by atoms with Crippen molar-refractivity contribution in [3.63, 3.8) is 0 Å². The van der Waals surface area contributed by atoms with E-state index in [1.165, 1.54) is 12.7 Å². The molecule has 0 unspecified atom stereocenters.